The summed E-state index contributed by atoms with van der Waals surface area (Å²) in [6.07, 6.45) is 4.45. The summed E-state index contributed by atoms with van der Waals surface area (Å²) in [5, 5.41) is 3.37. The summed E-state index contributed by atoms with van der Waals surface area (Å²) in [7, 11) is 0. The summed E-state index contributed by atoms with van der Waals surface area (Å²) in [4.78, 5) is 25.0. The second-order valence-corrected chi connectivity index (χ2v) is 7.78. The van der Waals surface area contributed by atoms with E-state index >= 15 is 0 Å². The van der Waals surface area contributed by atoms with Gasteiger partial charge in [-0.05, 0) is 58.7 Å². The third kappa shape index (κ3) is 10.8. The number of benzene rings is 1. The molecule has 1 N–H and O–H groups in total. The molecule has 1 rings (SSSR count). The van der Waals surface area contributed by atoms with Crippen LogP contribution in [-0.2, 0) is 25.7 Å². The molecule has 5 heteroatoms. The van der Waals surface area contributed by atoms with E-state index < -0.39 is 23.5 Å². The van der Waals surface area contributed by atoms with Gasteiger partial charge < -0.3 is 14.8 Å². The van der Waals surface area contributed by atoms with E-state index in [1.54, 1.807) is 20.8 Å². The Morgan fingerprint density at radius 1 is 1.00 bits per heavy atom. The maximum atomic E-state index is 12.5. The molecule has 0 aliphatic heterocycles. The van der Waals surface area contributed by atoms with E-state index in [-0.39, 0.29) is 6.61 Å². The highest BCUT2D eigenvalue weighted by molar-refractivity contribution is 5.95. The largest absolute Gasteiger partial charge is 0.460 e. The Morgan fingerprint density at radius 3 is 2.30 bits per heavy atom. The standard InChI is InChI=1S/C22H35NO4/c1-5-6-15-23-16-11-10-14-19(21(25)27-22(2,3)4)20(24)26-17-18-12-8-7-9-13-18/h7-9,12-13,19,23H,5-6,10-11,14-17H2,1-4H3. The monoisotopic (exact) mass is 377 g/mol. The van der Waals surface area contributed by atoms with E-state index in [1.807, 2.05) is 30.3 Å². The molecule has 0 aliphatic carbocycles. The smallest absolute Gasteiger partial charge is 0.320 e. The Morgan fingerprint density at radius 2 is 1.67 bits per heavy atom. The highest BCUT2D eigenvalue weighted by Gasteiger charge is 2.32. The van der Waals surface area contributed by atoms with Crippen molar-refractivity contribution in [3.63, 3.8) is 0 Å². The SMILES string of the molecule is CCCCNCCCCC(C(=O)OCc1ccccc1)C(=O)OC(C)(C)C. The molecule has 27 heavy (non-hydrogen) atoms. The fourth-order valence-electron chi connectivity index (χ4n) is 2.56. The van der Waals surface area contributed by atoms with Gasteiger partial charge in [0.15, 0.2) is 5.92 Å². The lowest BCUT2D eigenvalue weighted by molar-refractivity contribution is -0.170. The lowest BCUT2D eigenvalue weighted by atomic mass is 10.0. The second kappa shape index (κ2) is 12.5. The maximum absolute atomic E-state index is 12.5. The molecule has 0 saturated heterocycles. The van der Waals surface area contributed by atoms with E-state index in [2.05, 4.69) is 12.2 Å². The van der Waals surface area contributed by atoms with Gasteiger partial charge in [0.1, 0.15) is 12.2 Å². The van der Waals surface area contributed by atoms with E-state index in [4.69, 9.17) is 9.47 Å². The van der Waals surface area contributed by atoms with Crippen LogP contribution in [0.2, 0.25) is 0 Å². The first-order valence-electron chi connectivity index (χ1n) is 9.97. The summed E-state index contributed by atoms with van der Waals surface area (Å²) in [6, 6.07) is 9.46. The van der Waals surface area contributed by atoms with Crippen molar-refractivity contribution in [1.82, 2.24) is 5.32 Å². The lowest BCUT2D eigenvalue weighted by Gasteiger charge is -2.23. The van der Waals surface area contributed by atoms with Gasteiger partial charge in [-0.15, -0.1) is 0 Å². The van der Waals surface area contributed by atoms with E-state index in [1.165, 1.54) is 6.42 Å². The number of carbonyl (C=O) groups is 2. The van der Waals surface area contributed by atoms with Crippen LogP contribution < -0.4 is 5.32 Å². The summed E-state index contributed by atoms with van der Waals surface area (Å²) < 4.78 is 10.8. The van der Waals surface area contributed by atoms with Crippen molar-refractivity contribution in [2.24, 2.45) is 5.92 Å². The predicted molar refractivity (Wildman–Crippen MR) is 107 cm³/mol. The Hall–Kier alpha value is -1.88. The van der Waals surface area contributed by atoms with Crippen LogP contribution in [0.3, 0.4) is 0 Å². The van der Waals surface area contributed by atoms with Crippen molar-refractivity contribution in [3.8, 4) is 0 Å². The minimum Gasteiger partial charge on any atom is -0.460 e. The minimum absolute atomic E-state index is 0.164. The lowest BCUT2D eigenvalue weighted by Crippen LogP contribution is -2.34. The Labute approximate surface area is 163 Å². The van der Waals surface area contributed by atoms with Crippen LogP contribution in [0.5, 0.6) is 0 Å². The van der Waals surface area contributed by atoms with Gasteiger partial charge in [0.25, 0.3) is 0 Å². The molecular formula is C22H35NO4. The molecule has 0 spiro atoms. The quantitative estimate of drug-likeness (QED) is 0.335. The van der Waals surface area contributed by atoms with Gasteiger partial charge in [-0.1, -0.05) is 50.1 Å². The predicted octanol–water partition coefficient (Wildman–Crippen LogP) is 4.25. The zero-order valence-corrected chi connectivity index (χ0v) is 17.3. The number of carbonyl (C=O) groups excluding carboxylic acids is 2. The van der Waals surface area contributed by atoms with Gasteiger partial charge in [-0.25, -0.2) is 0 Å². The molecule has 1 aromatic rings. The number of hydrogen-bond acceptors (Lipinski definition) is 5. The molecule has 5 nitrogen and oxygen atoms in total. The first-order valence-corrected chi connectivity index (χ1v) is 9.97. The van der Waals surface area contributed by atoms with Gasteiger partial charge >= 0.3 is 11.9 Å². The van der Waals surface area contributed by atoms with Gasteiger partial charge in [-0.3, -0.25) is 9.59 Å². The molecular weight excluding hydrogens is 342 g/mol. The maximum Gasteiger partial charge on any atom is 0.320 e. The minimum atomic E-state index is -0.872. The molecule has 0 bridgehead atoms. The number of ether oxygens (including phenoxy) is 2. The van der Waals surface area contributed by atoms with E-state index in [0.717, 1.165) is 37.9 Å². The molecule has 1 atom stereocenters. The van der Waals surface area contributed by atoms with Crippen molar-refractivity contribution in [2.75, 3.05) is 13.1 Å². The van der Waals surface area contributed by atoms with Crippen LogP contribution in [-0.4, -0.2) is 30.6 Å². The number of hydrogen-bond donors (Lipinski definition) is 1. The van der Waals surface area contributed by atoms with Crippen molar-refractivity contribution in [2.45, 2.75) is 72.0 Å². The summed E-state index contributed by atoms with van der Waals surface area (Å²) in [5.41, 5.74) is 0.269. The van der Waals surface area contributed by atoms with Crippen LogP contribution in [0.1, 0.15) is 65.4 Å². The van der Waals surface area contributed by atoms with E-state index in [9.17, 15) is 9.59 Å². The molecule has 152 valence electrons. The first-order chi connectivity index (χ1) is 12.8. The average Bonchev–Trinajstić information content (AvgIpc) is 2.61. The topological polar surface area (TPSA) is 64.6 Å². The second-order valence-electron chi connectivity index (χ2n) is 7.78. The highest BCUT2D eigenvalue weighted by Crippen LogP contribution is 2.18. The summed E-state index contributed by atoms with van der Waals surface area (Å²) in [5.74, 6) is -1.88. The molecule has 0 fully saturated rings. The zero-order valence-electron chi connectivity index (χ0n) is 17.3. The molecule has 0 aromatic heterocycles. The van der Waals surface area contributed by atoms with Gasteiger partial charge in [0, 0.05) is 0 Å². The van der Waals surface area contributed by atoms with Gasteiger partial charge in [0.05, 0.1) is 0 Å². The van der Waals surface area contributed by atoms with Gasteiger partial charge in [-0.2, -0.15) is 0 Å². The van der Waals surface area contributed by atoms with Crippen LogP contribution in [0, 0.1) is 5.92 Å². The molecule has 1 aromatic carbocycles. The molecule has 0 heterocycles. The van der Waals surface area contributed by atoms with Crippen molar-refractivity contribution >= 4 is 11.9 Å². The molecule has 0 aliphatic rings. The fraction of sp³-hybridized carbons (Fsp3) is 0.636. The zero-order chi connectivity index (χ0) is 20.1. The van der Waals surface area contributed by atoms with Crippen LogP contribution >= 0.6 is 0 Å². The number of esters is 2. The summed E-state index contributed by atoms with van der Waals surface area (Å²) in [6.45, 7) is 9.62. The van der Waals surface area contributed by atoms with Crippen molar-refractivity contribution < 1.29 is 19.1 Å². The molecule has 0 saturated carbocycles. The van der Waals surface area contributed by atoms with Crippen molar-refractivity contribution in [1.29, 1.82) is 0 Å². The Balaban J connectivity index is 2.53. The Bertz CT molecular complexity index is 551. The summed E-state index contributed by atoms with van der Waals surface area (Å²) >= 11 is 0. The van der Waals surface area contributed by atoms with Crippen LogP contribution in [0.15, 0.2) is 30.3 Å². The Kier molecular flexibility index (Phi) is 10.7. The van der Waals surface area contributed by atoms with Crippen molar-refractivity contribution in [3.05, 3.63) is 35.9 Å². The normalized spacial score (nSPS) is 12.4. The van der Waals surface area contributed by atoms with Crippen LogP contribution in [0.25, 0.3) is 0 Å². The highest BCUT2D eigenvalue weighted by atomic mass is 16.6. The molecule has 0 amide bonds. The number of unbranched alkanes of at least 4 members (excludes halogenated alkanes) is 2. The van der Waals surface area contributed by atoms with Gasteiger partial charge in [0.2, 0.25) is 0 Å². The average molecular weight is 378 g/mol. The number of rotatable bonds is 12. The molecule has 1 unspecified atom stereocenters. The van der Waals surface area contributed by atoms with E-state index in [0.29, 0.717) is 6.42 Å². The fourth-order valence-corrected chi connectivity index (χ4v) is 2.56. The first kappa shape index (κ1) is 23.2. The third-order valence-corrected chi connectivity index (χ3v) is 4.00. The third-order valence-electron chi connectivity index (χ3n) is 4.00. The number of nitrogens with one attached hydrogen (secondary N) is 1. The molecule has 0 radical (unpaired) electrons. The van der Waals surface area contributed by atoms with Crippen LogP contribution in [0.4, 0.5) is 0 Å².